The van der Waals surface area contributed by atoms with E-state index in [1.54, 1.807) is 81.8 Å². The number of furan rings is 2. The number of allylic oxidation sites excluding steroid dienone is 1. The highest BCUT2D eigenvalue weighted by molar-refractivity contribution is 7.11. The molecule has 19 heteroatoms. The third-order valence-electron chi connectivity index (χ3n) is 16.2. The SMILES string of the molecule is CC(C)(C)C1=NCC=C1.CC(C)(C)C1=NCC=N1.CC(C)(C)c1ccco1.CC(C)(C)c1cccs1.CC(C)(C)c1cccs1.CC(C)(C)c1cccs1.CC(C)(C)c1ccoc1.CC(C)(C)c1ccsc1.CC(C)(C)c1ccsc1.CC(C)(C)c1cscn1.CC(C)(C)c1nccs1.CC(C)(C)c1nccs1.CC(C)(C)c1ncns1. The molecule has 0 radical (unpaired) electrons. The topological polar surface area (TPSA) is 128 Å². The van der Waals surface area contributed by atoms with Crippen LogP contribution in [0.5, 0.6) is 0 Å². The second-order valence-electron chi connectivity index (χ2n) is 41.6. The smallest absolute Gasteiger partial charge is 0.129 e. The molecule has 117 heavy (non-hydrogen) atoms. The third-order valence-corrected chi connectivity index (χ3v) is 25.5. The number of thiophene rings is 5. The average Bonchev–Trinajstić information content (AvgIpc) is 1.92. The summed E-state index contributed by atoms with van der Waals surface area (Å²) in [5.41, 5.74) is 11.7. The molecule has 0 saturated carbocycles. The van der Waals surface area contributed by atoms with Gasteiger partial charge in [0.1, 0.15) is 22.9 Å². The Kier molecular flexibility index (Phi) is 46.1. The highest BCUT2D eigenvalue weighted by Crippen LogP contribution is 2.32. The van der Waals surface area contributed by atoms with Crippen LogP contribution < -0.4 is 0 Å². The number of aliphatic imine (C=N–C) groups is 3. The van der Waals surface area contributed by atoms with Gasteiger partial charge in [-0.05, 0) is 153 Å². The summed E-state index contributed by atoms with van der Waals surface area (Å²) in [7, 11) is 0. The highest BCUT2D eigenvalue weighted by Gasteiger charge is 2.23. The van der Waals surface area contributed by atoms with Crippen molar-refractivity contribution in [1.29, 1.82) is 0 Å². The summed E-state index contributed by atoms with van der Waals surface area (Å²) in [5, 5.41) is 24.7. The van der Waals surface area contributed by atoms with Gasteiger partial charge in [0.05, 0.1) is 53.1 Å². The van der Waals surface area contributed by atoms with Crippen LogP contribution in [0.3, 0.4) is 0 Å². The highest BCUT2D eigenvalue weighted by atomic mass is 32.1. The van der Waals surface area contributed by atoms with E-state index in [0.29, 0.717) is 27.1 Å². The lowest BCUT2D eigenvalue weighted by molar-refractivity contribution is 0.409. The van der Waals surface area contributed by atoms with Crippen LogP contribution in [0.1, 0.15) is 328 Å². The lowest BCUT2D eigenvalue weighted by Gasteiger charge is -2.16. The first-order valence-corrected chi connectivity index (χ1v) is 48.4. The van der Waals surface area contributed by atoms with Gasteiger partial charge >= 0.3 is 0 Å². The predicted molar refractivity (Wildman–Crippen MR) is 532 cm³/mol. The molecular formula is C98H152N8O2S9. The molecule has 0 atom stereocenters. The van der Waals surface area contributed by atoms with Gasteiger partial charge in [-0.15, -0.1) is 68.0 Å². The third kappa shape index (κ3) is 48.5. The number of aromatic nitrogens is 5. The van der Waals surface area contributed by atoms with Crippen LogP contribution in [0.15, 0.2) is 200 Å². The number of amidine groups is 1. The Morgan fingerprint density at radius 1 is 0.333 bits per heavy atom. The van der Waals surface area contributed by atoms with Crippen molar-refractivity contribution in [3.05, 3.63) is 234 Å². The molecule has 0 spiro atoms. The summed E-state index contributed by atoms with van der Waals surface area (Å²) in [5.74, 6) is 2.02. The number of hydrogen-bond acceptors (Lipinski definition) is 19. The van der Waals surface area contributed by atoms with Crippen LogP contribution in [0.4, 0.5) is 0 Å². The second kappa shape index (κ2) is 49.4. The van der Waals surface area contributed by atoms with Gasteiger partial charge in [-0.25, -0.2) is 24.9 Å². The summed E-state index contributed by atoms with van der Waals surface area (Å²) < 4.78 is 14.1. The van der Waals surface area contributed by atoms with Crippen molar-refractivity contribution in [3.8, 4) is 0 Å². The molecule has 13 rings (SSSR count). The first-order chi connectivity index (χ1) is 53.4. The minimum absolute atomic E-state index is 0.132. The van der Waals surface area contributed by atoms with E-state index in [1.165, 1.54) is 64.3 Å². The number of rotatable bonds is 0. The lowest BCUT2D eigenvalue weighted by atomic mass is 9.89. The van der Waals surface area contributed by atoms with E-state index in [1.807, 2.05) is 87.1 Å². The molecule has 0 amide bonds. The van der Waals surface area contributed by atoms with E-state index in [0.717, 1.165) is 29.7 Å². The molecule has 2 aliphatic heterocycles. The Balaban J connectivity index is 0.000000634. The summed E-state index contributed by atoms with van der Waals surface area (Å²) in [6.07, 6.45) is 16.6. The molecule has 10 nitrogen and oxygen atoms in total. The molecule has 2 aliphatic rings. The zero-order valence-electron chi connectivity index (χ0n) is 79.4. The van der Waals surface area contributed by atoms with Crippen LogP contribution in [0.2, 0.25) is 0 Å². The molecule has 0 unspecified atom stereocenters. The lowest BCUT2D eigenvalue weighted by Crippen LogP contribution is -2.16. The number of nitrogens with zero attached hydrogens (tertiary/aromatic N) is 8. The van der Waals surface area contributed by atoms with E-state index in [-0.39, 0.29) is 43.3 Å². The molecule has 11 aromatic heterocycles. The van der Waals surface area contributed by atoms with Gasteiger partial charge in [0, 0.05) is 93.0 Å². The largest absolute Gasteiger partial charge is 0.472 e. The summed E-state index contributed by atoms with van der Waals surface area (Å²) in [6.45, 7) is 86.9. The van der Waals surface area contributed by atoms with Crippen molar-refractivity contribution >= 4 is 120 Å². The van der Waals surface area contributed by atoms with Crippen molar-refractivity contribution in [2.45, 2.75) is 330 Å². The van der Waals surface area contributed by atoms with Crippen molar-refractivity contribution in [2.24, 2.45) is 25.8 Å². The van der Waals surface area contributed by atoms with Gasteiger partial charge in [-0.1, -0.05) is 294 Å². The first-order valence-electron chi connectivity index (χ1n) is 40.4. The van der Waals surface area contributed by atoms with Gasteiger partial charge in [0.25, 0.3) is 0 Å². The average molecular weight is 1760 g/mol. The van der Waals surface area contributed by atoms with Gasteiger partial charge in [-0.3, -0.25) is 9.98 Å². The van der Waals surface area contributed by atoms with E-state index in [2.05, 4.69) is 413 Å². The zero-order valence-corrected chi connectivity index (χ0v) is 86.7. The van der Waals surface area contributed by atoms with Crippen molar-refractivity contribution in [3.63, 3.8) is 0 Å². The Morgan fingerprint density at radius 2 is 0.778 bits per heavy atom. The van der Waals surface area contributed by atoms with E-state index >= 15 is 0 Å². The Labute approximate surface area is 748 Å². The van der Waals surface area contributed by atoms with Crippen LogP contribution >= 0.6 is 102 Å². The van der Waals surface area contributed by atoms with Crippen LogP contribution in [-0.2, 0) is 59.6 Å². The van der Waals surface area contributed by atoms with Gasteiger partial charge < -0.3 is 8.83 Å². The van der Waals surface area contributed by atoms with Crippen molar-refractivity contribution < 1.29 is 8.83 Å². The standard InChI is InChI=1S/C8H13N.2C8H12O.5C8H12S.C7H12N2.3C7H11NS.C6H10N2S/c1-8(2,3)7-5-4-6-9-7;1-8(2,3)7-4-5-9-6-7;1-8(2,3)7-5-4-6-9-7;2*1-8(2,3)7-4-5-9-6-7;3*1-8(2,3)7-5-4-6-9-7;1-7(2,3)6-8-4-5-9-6;1-7(2,3)6-4-9-5-8-6;2*1-7(2,3)6-8-4-5-9-6;1-6(2,3)5-7-4-8-9-5/h4-5H,6H2,1-3H3;7*4-6H,1-3H3;4H,5H2,1-3H3;3*4-5H,1-3H3;4H,1-3H3. The molecule has 0 bridgehead atoms. The zero-order chi connectivity index (χ0) is 89.8. The second-order valence-corrected chi connectivity index (χ2v) is 49.3. The number of thiazole rings is 3. The Morgan fingerprint density at radius 3 is 0.932 bits per heavy atom. The van der Waals surface area contributed by atoms with Crippen LogP contribution in [-0.4, -0.2) is 55.2 Å². The van der Waals surface area contributed by atoms with Crippen molar-refractivity contribution in [1.82, 2.24) is 24.3 Å². The molecule has 0 saturated heterocycles. The summed E-state index contributed by atoms with van der Waals surface area (Å²) >= 11 is 15.6. The maximum Gasteiger partial charge on any atom is 0.129 e. The van der Waals surface area contributed by atoms with Crippen molar-refractivity contribution in [2.75, 3.05) is 13.1 Å². The summed E-state index contributed by atoms with van der Waals surface area (Å²) in [4.78, 5) is 33.7. The maximum atomic E-state index is 5.20. The van der Waals surface area contributed by atoms with Gasteiger partial charge in [-0.2, -0.15) is 27.0 Å². The Hall–Kier alpha value is -5.74. The predicted octanol–water partition coefficient (Wildman–Crippen LogP) is 33.1. The monoisotopic (exact) mass is 1760 g/mol. The Bertz CT molecular complexity index is 3410. The number of hydrogen-bond donors (Lipinski definition) is 0. The fourth-order valence-electron chi connectivity index (χ4n) is 8.75. The van der Waals surface area contributed by atoms with Gasteiger partial charge in [0.2, 0.25) is 0 Å². The molecule has 11 aromatic rings. The molecule has 13 heterocycles. The first kappa shape index (κ1) is 109. The molecule has 650 valence electrons. The fourth-order valence-corrected chi connectivity index (χ4v) is 15.8. The fraction of sp³-hybridized carbons (Fsp3) is 0.551. The minimum Gasteiger partial charge on any atom is -0.472 e. The molecular weight excluding hydrogens is 1610 g/mol. The molecule has 0 N–H and O–H groups in total. The minimum atomic E-state index is 0.132. The molecule has 0 aliphatic carbocycles. The van der Waals surface area contributed by atoms with Crippen LogP contribution in [0.25, 0.3) is 0 Å². The summed E-state index contributed by atoms with van der Waals surface area (Å²) in [6, 6.07) is 23.2. The quantitative estimate of drug-likeness (QED) is 0.148. The molecule has 0 fully saturated rings. The van der Waals surface area contributed by atoms with Crippen LogP contribution in [0, 0.1) is 10.8 Å². The molecule has 0 aromatic carbocycles. The maximum absolute atomic E-state index is 5.20. The van der Waals surface area contributed by atoms with E-state index in [4.69, 9.17) is 8.83 Å². The van der Waals surface area contributed by atoms with Gasteiger partial charge in [0.15, 0.2) is 0 Å². The van der Waals surface area contributed by atoms with E-state index < -0.39 is 0 Å². The van der Waals surface area contributed by atoms with E-state index in [9.17, 15) is 0 Å². The normalized spacial score (nSPS) is 12.9.